The molecule has 0 spiro atoms. The highest BCUT2D eigenvalue weighted by Gasteiger charge is 2.17. The van der Waals surface area contributed by atoms with E-state index in [0.29, 0.717) is 5.69 Å². The van der Waals surface area contributed by atoms with Crippen LogP contribution in [0.4, 0.5) is 0 Å². The lowest BCUT2D eigenvalue weighted by molar-refractivity contribution is 0.550. The first-order valence-electron chi connectivity index (χ1n) is 4.06. The first-order valence-corrected chi connectivity index (χ1v) is 6.12. The molecular weight excluding hydrogens is 204 g/mol. The van der Waals surface area contributed by atoms with Crippen LogP contribution in [0.5, 0.6) is 0 Å². The van der Waals surface area contributed by atoms with Crippen LogP contribution in [0.1, 0.15) is 11.7 Å². The zero-order valence-electron chi connectivity index (χ0n) is 8.14. The van der Waals surface area contributed by atoms with Crippen molar-refractivity contribution in [2.24, 2.45) is 12.9 Å². The maximum absolute atomic E-state index is 11.1. The van der Waals surface area contributed by atoms with Crippen LogP contribution in [-0.2, 0) is 16.9 Å². The fraction of sp³-hybridized carbons (Fsp3) is 0.571. The van der Waals surface area contributed by atoms with E-state index in [-0.39, 0.29) is 5.75 Å². The standard InChI is InChI=1S/C7H14N4O2S/c1-11-4-3-6(10-11)7(9-8)5-14(2,12)13/h3-4,7,9H,5,8H2,1-2H3. The van der Waals surface area contributed by atoms with Gasteiger partial charge in [0.1, 0.15) is 9.84 Å². The maximum atomic E-state index is 11.1. The van der Waals surface area contributed by atoms with Gasteiger partial charge < -0.3 is 0 Å². The first-order chi connectivity index (χ1) is 6.42. The van der Waals surface area contributed by atoms with Gasteiger partial charge in [-0.1, -0.05) is 0 Å². The minimum absolute atomic E-state index is 0.0550. The second-order valence-corrected chi connectivity index (χ2v) is 5.41. The molecule has 0 aliphatic carbocycles. The number of aryl methyl sites for hydroxylation is 1. The van der Waals surface area contributed by atoms with Gasteiger partial charge in [-0.15, -0.1) is 0 Å². The molecule has 3 N–H and O–H groups in total. The highest BCUT2D eigenvalue weighted by Crippen LogP contribution is 2.10. The second kappa shape index (κ2) is 4.07. The number of nitrogens with one attached hydrogen (secondary N) is 1. The summed E-state index contributed by atoms with van der Waals surface area (Å²) in [5.41, 5.74) is 3.06. The highest BCUT2D eigenvalue weighted by atomic mass is 32.2. The van der Waals surface area contributed by atoms with Gasteiger partial charge in [0, 0.05) is 19.5 Å². The molecule has 1 rings (SSSR count). The van der Waals surface area contributed by atoms with Gasteiger partial charge in [-0.25, -0.2) is 8.42 Å². The molecule has 14 heavy (non-hydrogen) atoms. The van der Waals surface area contributed by atoms with Crippen LogP contribution in [0.3, 0.4) is 0 Å². The number of aromatic nitrogens is 2. The molecule has 0 aliphatic rings. The van der Waals surface area contributed by atoms with Crippen LogP contribution in [0.2, 0.25) is 0 Å². The van der Waals surface area contributed by atoms with E-state index in [1.165, 1.54) is 6.26 Å². The number of nitrogens with zero attached hydrogens (tertiary/aromatic N) is 2. The molecule has 1 aromatic heterocycles. The minimum atomic E-state index is -3.07. The lowest BCUT2D eigenvalue weighted by atomic mass is 10.2. The van der Waals surface area contributed by atoms with Crippen molar-refractivity contribution in [3.05, 3.63) is 18.0 Å². The van der Waals surface area contributed by atoms with E-state index in [1.54, 1.807) is 24.0 Å². The average molecular weight is 218 g/mol. The Kier molecular flexibility index (Phi) is 3.25. The van der Waals surface area contributed by atoms with Crippen molar-refractivity contribution in [2.45, 2.75) is 6.04 Å². The van der Waals surface area contributed by atoms with Gasteiger partial charge in [0.2, 0.25) is 0 Å². The summed E-state index contributed by atoms with van der Waals surface area (Å²) in [6, 6.07) is 1.28. The largest absolute Gasteiger partial charge is 0.275 e. The van der Waals surface area contributed by atoms with Gasteiger partial charge >= 0.3 is 0 Å². The van der Waals surface area contributed by atoms with E-state index in [9.17, 15) is 8.42 Å². The van der Waals surface area contributed by atoms with Crippen LogP contribution in [0, 0.1) is 0 Å². The lowest BCUT2D eigenvalue weighted by Crippen LogP contribution is -2.33. The number of nitrogens with two attached hydrogens (primary N) is 1. The Labute approximate surface area is 83.0 Å². The van der Waals surface area contributed by atoms with Crippen LogP contribution >= 0.6 is 0 Å². The third kappa shape index (κ3) is 3.09. The normalized spacial score (nSPS) is 14.2. The van der Waals surface area contributed by atoms with Gasteiger partial charge in [0.15, 0.2) is 0 Å². The molecule has 80 valence electrons. The number of hydrogen-bond acceptors (Lipinski definition) is 5. The van der Waals surface area contributed by atoms with Crippen LogP contribution in [0.15, 0.2) is 12.3 Å². The summed E-state index contributed by atoms with van der Waals surface area (Å²) in [5, 5.41) is 4.08. The Morgan fingerprint density at radius 3 is 2.71 bits per heavy atom. The first kappa shape index (κ1) is 11.2. The van der Waals surface area contributed by atoms with E-state index >= 15 is 0 Å². The Morgan fingerprint density at radius 2 is 2.36 bits per heavy atom. The van der Waals surface area contributed by atoms with Gasteiger partial charge in [0.05, 0.1) is 17.5 Å². The molecule has 0 fully saturated rings. The molecule has 1 atom stereocenters. The van der Waals surface area contributed by atoms with Crippen molar-refractivity contribution in [3.8, 4) is 0 Å². The Bertz CT molecular complexity index is 398. The zero-order valence-corrected chi connectivity index (χ0v) is 8.95. The van der Waals surface area contributed by atoms with Gasteiger partial charge in [-0.3, -0.25) is 16.0 Å². The zero-order chi connectivity index (χ0) is 10.8. The number of sulfone groups is 1. The Morgan fingerprint density at radius 1 is 1.71 bits per heavy atom. The number of hydrazine groups is 1. The van der Waals surface area contributed by atoms with Crippen molar-refractivity contribution in [2.75, 3.05) is 12.0 Å². The van der Waals surface area contributed by atoms with Crippen LogP contribution in [-0.4, -0.2) is 30.2 Å². The fourth-order valence-electron chi connectivity index (χ4n) is 1.14. The van der Waals surface area contributed by atoms with Crippen molar-refractivity contribution in [1.29, 1.82) is 0 Å². The molecule has 1 aromatic rings. The quantitative estimate of drug-likeness (QED) is 0.498. The highest BCUT2D eigenvalue weighted by molar-refractivity contribution is 7.90. The predicted octanol–water partition coefficient (Wildman–Crippen LogP) is -1.03. The monoisotopic (exact) mass is 218 g/mol. The maximum Gasteiger partial charge on any atom is 0.149 e. The van der Waals surface area contributed by atoms with Crippen molar-refractivity contribution in [1.82, 2.24) is 15.2 Å². The molecule has 0 amide bonds. The summed E-state index contributed by atoms with van der Waals surface area (Å²) in [6.07, 6.45) is 2.90. The molecule has 0 aromatic carbocycles. The predicted molar refractivity (Wildman–Crippen MR) is 53.0 cm³/mol. The molecule has 0 aliphatic heterocycles. The van der Waals surface area contributed by atoms with E-state index in [4.69, 9.17) is 5.84 Å². The molecule has 6 nitrogen and oxygen atoms in total. The van der Waals surface area contributed by atoms with E-state index in [1.807, 2.05) is 0 Å². The summed E-state index contributed by atoms with van der Waals surface area (Å²) in [6.45, 7) is 0. The molecule has 0 saturated carbocycles. The molecule has 0 saturated heterocycles. The van der Waals surface area contributed by atoms with Crippen LogP contribution < -0.4 is 11.3 Å². The van der Waals surface area contributed by atoms with Gasteiger partial charge in [0.25, 0.3) is 0 Å². The fourth-order valence-corrected chi connectivity index (χ4v) is 2.01. The van der Waals surface area contributed by atoms with Gasteiger partial charge in [-0.05, 0) is 6.07 Å². The lowest BCUT2D eigenvalue weighted by Gasteiger charge is -2.11. The summed E-state index contributed by atoms with van der Waals surface area (Å²) >= 11 is 0. The third-order valence-electron chi connectivity index (χ3n) is 1.76. The molecule has 0 radical (unpaired) electrons. The SMILES string of the molecule is Cn1ccc(C(CS(C)(=O)=O)NN)n1. The van der Waals surface area contributed by atoms with Gasteiger partial charge in [-0.2, -0.15) is 5.10 Å². The summed E-state index contributed by atoms with van der Waals surface area (Å²) in [7, 11) is -1.30. The van der Waals surface area contributed by atoms with Crippen molar-refractivity contribution < 1.29 is 8.42 Å². The van der Waals surface area contributed by atoms with E-state index in [2.05, 4.69) is 10.5 Å². The molecular formula is C7H14N4O2S. The van der Waals surface area contributed by atoms with Crippen LogP contribution in [0.25, 0.3) is 0 Å². The Balaban J connectivity index is 2.83. The summed E-state index contributed by atoms with van der Waals surface area (Å²) in [4.78, 5) is 0. The third-order valence-corrected chi connectivity index (χ3v) is 2.70. The topological polar surface area (TPSA) is 90.0 Å². The van der Waals surface area contributed by atoms with Crippen molar-refractivity contribution >= 4 is 9.84 Å². The molecule has 1 heterocycles. The van der Waals surface area contributed by atoms with E-state index < -0.39 is 15.9 Å². The van der Waals surface area contributed by atoms with E-state index in [0.717, 1.165) is 0 Å². The number of rotatable bonds is 4. The van der Waals surface area contributed by atoms with Crippen molar-refractivity contribution in [3.63, 3.8) is 0 Å². The smallest absolute Gasteiger partial charge is 0.149 e. The molecule has 0 bridgehead atoms. The Hall–Kier alpha value is -0.920. The summed E-state index contributed by atoms with van der Waals surface area (Å²) in [5.74, 6) is 5.20. The average Bonchev–Trinajstić information content (AvgIpc) is 2.46. The summed E-state index contributed by atoms with van der Waals surface area (Å²) < 4.78 is 23.7. The second-order valence-electron chi connectivity index (χ2n) is 3.23. The molecule has 1 unspecified atom stereocenters. The minimum Gasteiger partial charge on any atom is -0.275 e. The molecule has 7 heteroatoms. The number of hydrogen-bond donors (Lipinski definition) is 2.